The first-order valence-electron chi connectivity index (χ1n) is 9.24. The van der Waals surface area contributed by atoms with Crippen LogP contribution < -0.4 is 16.2 Å². The van der Waals surface area contributed by atoms with Gasteiger partial charge in [-0.3, -0.25) is 9.59 Å². The maximum Gasteiger partial charge on any atom is 0.417 e. The van der Waals surface area contributed by atoms with Gasteiger partial charge in [0.2, 0.25) is 5.56 Å². The number of carbonyl (C=O) groups is 1. The Kier molecular flexibility index (Phi) is 5.35. The highest BCUT2D eigenvalue weighted by atomic mass is 19.4. The molecule has 2 aromatic carbocycles. The zero-order chi connectivity index (χ0) is 22.9. The number of alkyl halides is 3. The number of aromatic nitrogens is 2. The molecule has 32 heavy (non-hydrogen) atoms. The Hall–Kier alpha value is -4.21. The van der Waals surface area contributed by atoms with Gasteiger partial charge in [-0.05, 0) is 54.6 Å². The van der Waals surface area contributed by atoms with Gasteiger partial charge in [-0.25, -0.2) is 9.37 Å². The van der Waals surface area contributed by atoms with Crippen molar-refractivity contribution in [2.75, 3.05) is 10.6 Å². The highest BCUT2D eigenvalue weighted by Gasteiger charge is 2.35. The fraction of sp³-hybridized carbons (Fsp3) is 0.0455. The average molecular weight is 442 g/mol. The third-order valence-electron chi connectivity index (χ3n) is 4.59. The van der Waals surface area contributed by atoms with Gasteiger partial charge in [0.25, 0.3) is 5.91 Å². The lowest BCUT2D eigenvalue weighted by atomic mass is 10.1. The van der Waals surface area contributed by atoms with E-state index < -0.39 is 29.0 Å². The van der Waals surface area contributed by atoms with E-state index in [9.17, 15) is 27.2 Å². The zero-order valence-electron chi connectivity index (χ0n) is 16.1. The minimum atomic E-state index is -4.87. The van der Waals surface area contributed by atoms with Crippen molar-refractivity contribution >= 4 is 34.0 Å². The first-order valence-corrected chi connectivity index (χ1v) is 9.24. The number of halogens is 4. The topological polar surface area (TPSA) is 86.9 Å². The molecule has 0 bridgehead atoms. The molecule has 162 valence electrons. The molecule has 0 aliphatic carbocycles. The molecule has 3 N–H and O–H groups in total. The van der Waals surface area contributed by atoms with E-state index >= 15 is 0 Å². The van der Waals surface area contributed by atoms with Crippen LogP contribution in [0.1, 0.15) is 15.9 Å². The second kappa shape index (κ2) is 8.14. The van der Waals surface area contributed by atoms with E-state index in [1.165, 1.54) is 24.4 Å². The van der Waals surface area contributed by atoms with Crippen molar-refractivity contribution in [3.63, 3.8) is 0 Å². The summed E-state index contributed by atoms with van der Waals surface area (Å²) in [6.45, 7) is 0. The predicted molar refractivity (Wildman–Crippen MR) is 111 cm³/mol. The number of benzene rings is 2. The van der Waals surface area contributed by atoms with E-state index in [4.69, 9.17) is 0 Å². The number of hydrogen-bond donors (Lipinski definition) is 3. The van der Waals surface area contributed by atoms with Crippen molar-refractivity contribution in [2.45, 2.75) is 6.18 Å². The summed E-state index contributed by atoms with van der Waals surface area (Å²) < 4.78 is 52.7. The molecule has 6 nitrogen and oxygen atoms in total. The van der Waals surface area contributed by atoms with Crippen LogP contribution in [0.25, 0.3) is 11.0 Å². The third-order valence-corrected chi connectivity index (χ3v) is 4.59. The Morgan fingerprint density at radius 2 is 1.66 bits per heavy atom. The Morgan fingerprint density at radius 1 is 0.938 bits per heavy atom. The first-order chi connectivity index (χ1) is 15.2. The van der Waals surface area contributed by atoms with E-state index in [0.717, 1.165) is 12.1 Å². The van der Waals surface area contributed by atoms with Crippen LogP contribution in [0.15, 0.2) is 71.7 Å². The molecule has 0 atom stereocenters. The minimum Gasteiger partial charge on any atom is -0.355 e. The van der Waals surface area contributed by atoms with Crippen molar-refractivity contribution in [1.29, 1.82) is 0 Å². The largest absolute Gasteiger partial charge is 0.417 e. The van der Waals surface area contributed by atoms with Crippen LogP contribution in [0.3, 0.4) is 0 Å². The maximum atomic E-state index is 13.2. The minimum absolute atomic E-state index is 0.252. The van der Waals surface area contributed by atoms with Crippen LogP contribution in [-0.2, 0) is 6.18 Å². The molecule has 0 saturated heterocycles. The summed E-state index contributed by atoms with van der Waals surface area (Å²) in [6.07, 6.45) is -3.35. The smallest absolute Gasteiger partial charge is 0.355 e. The van der Waals surface area contributed by atoms with E-state index in [1.807, 2.05) is 0 Å². The lowest BCUT2D eigenvalue weighted by molar-refractivity contribution is -0.138. The molecule has 0 unspecified atom stereocenters. The number of carbonyl (C=O) groups excluding carboxylic acids is 1. The van der Waals surface area contributed by atoms with Gasteiger partial charge < -0.3 is 15.6 Å². The number of pyridine rings is 2. The summed E-state index contributed by atoms with van der Waals surface area (Å²) in [5.41, 5.74) is -0.358. The van der Waals surface area contributed by atoms with Crippen LogP contribution in [0.4, 0.5) is 34.6 Å². The van der Waals surface area contributed by atoms with E-state index in [0.29, 0.717) is 22.4 Å². The molecule has 0 fully saturated rings. The monoisotopic (exact) mass is 442 g/mol. The number of anilines is 3. The zero-order valence-corrected chi connectivity index (χ0v) is 16.1. The molecule has 0 aliphatic rings. The summed E-state index contributed by atoms with van der Waals surface area (Å²) in [7, 11) is 0. The highest BCUT2D eigenvalue weighted by Crippen LogP contribution is 2.33. The van der Waals surface area contributed by atoms with Crippen molar-refractivity contribution in [2.24, 2.45) is 0 Å². The van der Waals surface area contributed by atoms with E-state index in [2.05, 4.69) is 20.6 Å². The third kappa shape index (κ3) is 4.43. The van der Waals surface area contributed by atoms with Gasteiger partial charge in [-0.2, -0.15) is 13.2 Å². The molecular formula is C22H14F4N4O2. The van der Waals surface area contributed by atoms with Crippen molar-refractivity contribution in [3.05, 3.63) is 94.2 Å². The number of aromatic amines is 1. The van der Waals surface area contributed by atoms with Gasteiger partial charge in [-0.15, -0.1) is 0 Å². The number of nitrogens with zero attached hydrogens (tertiary/aromatic N) is 1. The van der Waals surface area contributed by atoms with Gasteiger partial charge in [0, 0.05) is 29.0 Å². The van der Waals surface area contributed by atoms with Gasteiger partial charge in [0.05, 0.1) is 16.8 Å². The number of hydrogen-bond acceptors (Lipinski definition) is 4. The first kappa shape index (κ1) is 21.0. The quantitative estimate of drug-likeness (QED) is 0.385. The normalized spacial score (nSPS) is 11.4. The fourth-order valence-electron chi connectivity index (χ4n) is 3.11. The van der Waals surface area contributed by atoms with Crippen molar-refractivity contribution < 1.29 is 22.4 Å². The Balaban J connectivity index is 1.53. The van der Waals surface area contributed by atoms with Gasteiger partial charge in [-0.1, -0.05) is 0 Å². The van der Waals surface area contributed by atoms with Crippen LogP contribution in [-0.4, -0.2) is 15.9 Å². The van der Waals surface area contributed by atoms with E-state index in [-0.39, 0.29) is 17.3 Å². The Morgan fingerprint density at radius 3 is 2.38 bits per heavy atom. The summed E-state index contributed by atoms with van der Waals surface area (Å²) in [6, 6.07) is 12.8. The van der Waals surface area contributed by atoms with Crippen LogP contribution in [0, 0.1) is 5.82 Å². The molecule has 4 aromatic rings. The van der Waals surface area contributed by atoms with Gasteiger partial charge in [0.1, 0.15) is 11.5 Å². The maximum absolute atomic E-state index is 13.2. The fourth-order valence-corrected chi connectivity index (χ4v) is 3.11. The number of fused-ring (bicyclic) bond motifs is 1. The molecular weight excluding hydrogens is 428 g/mol. The molecule has 0 saturated carbocycles. The lowest BCUT2D eigenvalue weighted by Crippen LogP contribution is -2.19. The van der Waals surface area contributed by atoms with Crippen molar-refractivity contribution in [1.82, 2.24) is 9.97 Å². The molecule has 2 aromatic heterocycles. The summed E-state index contributed by atoms with van der Waals surface area (Å²) in [4.78, 5) is 30.5. The van der Waals surface area contributed by atoms with Gasteiger partial charge in [0.15, 0.2) is 0 Å². The number of nitrogens with one attached hydrogen (secondary N) is 3. The van der Waals surface area contributed by atoms with Crippen LogP contribution >= 0.6 is 0 Å². The second-order valence-electron chi connectivity index (χ2n) is 6.79. The SMILES string of the molecule is O=C(Nc1ccc(Nc2ccnc3[nH]c(=O)ccc23)cc1)c1ccc(F)cc1C(F)(F)F. The van der Waals surface area contributed by atoms with Crippen LogP contribution in [0.2, 0.25) is 0 Å². The summed E-state index contributed by atoms with van der Waals surface area (Å²) in [5, 5.41) is 6.21. The summed E-state index contributed by atoms with van der Waals surface area (Å²) >= 11 is 0. The molecule has 0 aliphatic heterocycles. The number of H-pyrrole nitrogens is 1. The standard InChI is InChI=1S/C22H14F4N4O2/c23-12-1-6-15(17(11-12)22(24,25)26)21(32)29-14-4-2-13(3-5-14)28-18-9-10-27-20-16(18)7-8-19(31)30-20/h1-11H,(H,29,32)(H2,27,28,30,31). The number of amides is 1. The molecule has 1 amide bonds. The Labute approximate surface area is 177 Å². The molecule has 2 heterocycles. The molecule has 10 heteroatoms. The highest BCUT2D eigenvalue weighted by molar-refractivity contribution is 6.05. The average Bonchev–Trinajstić information content (AvgIpc) is 2.74. The molecule has 0 spiro atoms. The van der Waals surface area contributed by atoms with E-state index in [1.54, 1.807) is 24.3 Å². The molecule has 4 rings (SSSR count). The molecule has 0 radical (unpaired) electrons. The predicted octanol–water partition coefficient (Wildman–Crippen LogP) is 5.08. The Bertz CT molecular complexity index is 1370. The van der Waals surface area contributed by atoms with Crippen LogP contribution in [0.5, 0.6) is 0 Å². The second-order valence-corrected chi connectivity index (χ2v) is 6.79. The lowest BCUT2D eigenvalue weighted by Gasteiger charge is -2.13. The summed E-state index contributed by atoms with van der Waals surface area (Å²) in [5.74, 6) is -2.10. The number of rotatable bonds is 4. The van der Waals surface area contributed by atoms with Gasteiger partial charge >= 0.3 is 6.18 Å². The van der Waals surface area contributed by atoms with Crippen molar-refractivity contribution in [3.8, 4) is 0 Å².